The summed E-state index contributed by atoms with van der Waals surface area (Å²) in [7, 11) is -3.30. The van der Waals surface area contributed by atoms with Gasteiger partial charge in [0.05, 0.1) is 6.26 Å². The van der Waals surface area contributed by atoms with Crippen molar-refractivity contribution < 1.29 is 13.5 Å². The highest BCUT2D eigenvalue weighted by molar-refractivity contribution is 7.92. The zero-order valence-electron chi connectivity index (χ0n) is 11.9. The van der Waals surface area contributed by atoms with Gasteiger partial charge in [0, 0.05) is 11.1 Å². The molecule has 0 aliphatic carbocycles. The molecule has 2 N–H and O–H groups in total. The van der Waals surface area contributed by atoms with E-state index in [1.807, 2.05) is 30.3 Å². The van der Waals surface area contributed by atoms with Gasteiger partial charge in [0.15, 0.2) is 0 Å². The maximum Gasteiger partial charge on any atom is 0.229 e. The summed E-state index contributed by atoms with van der Waals surface area (Å²) in [6, 6.07) is 18.3. The molecule has 0 aliphatic rings. The molecule has 3 aromatic carbocycles. The zero-order chi connectivity index (χ0) is 15.7. The molecule has 0 atom stereocenters. The SMILES string of the molecule is CS(=O)(=O)Nc1cccc(-c2ccc3c(O)cccc3c2)c1. The number of aromatic hydroxyl groups is 1. The number of phenolic OH excluding ortho intramolecular Hbond substituents is 1. The van der Waals surface area contributed by atoms with E-state index in [0.717, 1.165) is 28.2 Å². The Kier molecular flexibility index (Phi) is 3.50. The lowest BCUT2D eigenvalue weighted by molar-refractivity contribution is 0.481. The molecule has 0 aliphatic heterocycles. The van der Waals surface area contributed by atoms with Crippen molar-refractivity contribution in [1.29, 1.82) is 0 Å². The molecule has 0 heterocycles. The van der Waals surface area contributed by atoms with Crippen LogP contribution in [0, 0.1) is 0 Å². The van der Waals surface area contributed by atoms with Gasteiger partial charge in [0.25, 0.3) is 0 Å². The molecule has 5 heteroatoms. The van der Waals surface area contributed by atoms with E-state index in [2.05, 4.69) is 4.72 Å². The average molecular weight is 313 g/mol. The number of phenols is 1. The third-order valence-corrected chi connectivity index (χ3v) is 3.96. The molecule has 3 aromatic rings. The van der Waals surface area contributed by atoms with Crippen LogP contribution in [0.4, 0.5) is 5.69 Å². The molecule has 4 nitrogen and oxygen atoms in total. The number of anilines is 1. The molecule has 3 rings (SSSR count). The highest BCUT2D eigenvalue weighted by Crippen LogP contribution is 2.30. The molecule has 0 aromatic heterocycles. The van der Waals surface area contributed by atoms with Crippen molar-refractivity contribution in [2.45, 2.75) is 0 Å². The predicted molar refractivity (Wildman–Crippen MR) is 89.5 cm³/mol. The van der Waals surface area contributed by atoms with E-state index in [1.54, 1.807) is 30.3 Å². The molecular weight excluding hydrogens is 298 g/mol. The minimum Gasteiger partial charge on any atom is -0.507 e. The first kappa shape index (κ1) is 14.4. The van der Waals surface area contributed by atoms with Gasteiger partial charge in [-0.15, -0.1) is 0 Å². The second-order valence-electron chi connectivity index (χ2n) is 5.17. The van der Waals surface area contributed by atoms with Crippen molar-refractivity contribution in [3.05, 3.63) is 60.7 Å². The summed E-state index contributed by atoms with van der Waals surface area (Å²) < 4.78 is 25.1. The highest BCUT2D eigenvalue weighted by atomic mass is 32.2. The van der Waals surface area contributed by atoms with Crippen molar-refractivity contribution >= 4 is 26.5 Å². The molecule has 0 fully saturated rings. The van der Waals surface area contributed by atoms with Gasteiger partial charge in [-0.05, 0) is 40.8 Å². The van der Waals surface area contributed by atoms with E-state index in [4.69, 9.17) is 0 Å². The van der Waals surface area contributed by atoms with Crippen LogP contribution in [0.1, 0.15) is 0 Å². The summed E-state index contributed by atoms with van der Waals surface area (Å²) in [6.07, 6.45) is 1.12. The van der Waals surface area contributed by atoms with Crippen molar-refractivity contribution in [3.63, 3.8) is 0 Å². The topological polar surface area (TPSA) is 66.4 Å². The number of rotatable bonds is 3. The Hall–Kier alpha value is -2.53. The third kappa shape index (κ3) is 3.04. The van der Waals surface area contributed by atoms with Crippen LogP contribution in [0.2, 0.25) is 0 Å². The van der Waals surface area contributed by atoms with Gasteiger partial charge in [-0.3, -0.25) is 4.72 Å². The molecule has 0 saturated carbocycles. The first-order valence-electron chi connectivity index (χ1n) is 6.72. The molecule has 112 valence electrons. The Balaban J connectivity index is 2.06. The third-order valence-electron chi connectivity index (χ3n) is 3.36. The molecule has 22 heavy (non-hydrogen) atoms. The number of hydrogen-bond donors (Lipinski definition) is 2. The van der Waals surface area contributed by atoms with Crippen LogP contribution < -0.4 is 4.72 Å². The minimum atomic E-state index is -3.30. The first-order chi connectivity index (χ1) is 10.4. The van der Waals surface area contributed by atoms with Gasteiger partial charge in [0.2, 0.25) is 10.0 Å². The van der Waals surface area contributed by atoms with Crippen LogP contribution in [0.5, 0.6) is 5.75 Å². The van der Waals surface area contributed by atoms with Crippen LogP contribution in [0.25, 0.3) is 21.9 Å². The smallest absolute Gasteiger partial charge is 0.229 e. The monoisotopic (exact) mass is 313 g/mol. The predicted octanol–water partition coefficient (Wildman–Crippen LogP) is 3.58. The summed E-state index contributed by atoms with van der Waals surface area (Å²) in [5.74, 6) is 0.247. The molecule has 0 radical (unpaired) electrons. The number of nitrogens with one attached hydrogen (secondary N) is 1. The van der Waals surface area contributed by atoms with E-state index >= 15 is 0 Å². The molecule has 0 unspecified atom stereocenters. The fraction of sp³-hybridized carbons (Fsp3) is 0.0588. The molecule has 0 amide bonds. The van der Waals surface area contributed by atoms with E-state index in [1.165, 1.54) is 0 Å². The summed E-state index contributed by atoms with van der Waals surface area (Å²) in [4.78, 5) is 0. The lowest BCUT2D eigenvalue weighted by Crippen LogP contribution is -2.09. The summed E-state index contributed by atoms with van der Waals surface area (Å²) in [5, 5.41) is 11.5. The minimum absolute atomic E-state index is 0.247. The Morgan fingerprint density at radius 3 is 2.41 bits per heavy atom. The van der Waals surface area contributed by atoms with E-state index < -0.39 is 10.0 Å². The normalized spacial score (nSPS) is 11.5. The van der Waals surface area contributed by atoms with Gasteiger partial charge >= 0.3 is 0 Å². The van der Waals surface area contributed by atoms with Crippen molar-refractivity contribution in [3.8, 4) is 16.9 Å². The summed E-state index contributed by atoms with van der Waals surface area (Å²) in [5.41, 5.74) is 2.38. The fourth-order valence-electron chi connectivity index (χ4n) is 2.42. The van der Waals surface area contributed by atoms with Crippen molar-refractivity contribution in [1.82, 2.24) is 0 Å². The lowest BCUT2D eigenvalue weighted by atomic mass is 10.0. The van der Waals surface area contributed by atoms with Gasteiger partial charge < -0.3 is 5.11 Å². The van der Waals surface area contributed by atoms with E-state index in [-0.39, 0.29) is 5.75 Å². The number of sulfonamides is 1. The zero-order valence-corrected chi connectivity index (χ0v) is 12.8. The van der Waals surface area contributed by atoms with Crippen molar-refractivity contribution in [2.24, 2.45) is 0 Å². The van der Waals surface area contributed by atoms with Crippen LogP contribution in [0.15, 0.2) is 60.7 Å². The van der Waals surface area contributed by atoms with Crippen LogP contribution in [0.3, 0.4) is 0 Å². The van der Waals surface area contributed by atoms with Crippen LogP contribution in [-0.2, 0) is 10.0 Å². The summed E-state index contributed by atoms with van der Waals surface area (Å²) in [6.45, 7) is 0. The van der Waals surface area contributed by atoms with Gasteiger partial charge in [-0.1, -0.05) is 36.4 Å². The Morgan fingerprint density at radius 2 is 1.64 bits per heavy atom. The fourth-order valence-corrected chi connectivity index (χ4v) is 2.98. The standard InChI is InChI=1S/C17H15NO3S/c1-22(20,21)18-15-6-2-4-12(11-15)13-8-9-16-14(10-13)5-3-7-17(16)19/h2-11,18-19H,1H3. The maximum atomic E-state index is 11.3. The number of hydrogen-bond acceptors (Lipinski definition) is 3. The van der Waals surface area contributed by atoms with Gasteiger partial charge in [0.1, 0.15) is 5.75 Å². The average Bonchev–Trinajstić information content (AvgIpc) is 2.46. The van der Waals surface area contributed by atoms with Gasteiger partial charge in [-0.25, -0.2) is 8.42 Å². The van der Waals surface area contributed by atoms with Crippen LogP contribution >= 0.6 is 0 Å². The molecule has 0 bridgehead atoms. The van der Waals surface area contributed by atoms with Gasteiger partial charge in [-0.2, -0.15) is 0 Å². The van der Waals surface area contributed by atoms with Crippen molar-refractivity contribution in [2.75, 3.05) is 11.0 Å². The lowest BCUT2D eigenvalue weighted by Gasteiger charge is -2.08. The molecule has 0 spiro atoms. The number of fused-ring (bicyclic) bond motifs is 1. The number of benzene rings is 3. The van der Waals surface area contributed by atoms with Crippen LogP contribution in [-0.4, -0.2) is 19.8 Å². The second kappa shape index (κ2) is 5.35. The largest absolute Gasteiger partial charge is 0.507 e. The first-order valence-corrected chi connectivity index (χ1v) is 8.61. The second-order valence-corrected chi connectivity index (χ2v) is 6.92. The Morgan fingerprint density at radius 1 is 0.909 bits per heavy atom. The molecular formula is C17H15NO3S. The van der Waals surface area contributed by atoms with E-state index in [9.17, 15) is 13.5 Å². The Labute approximate surface area is 129 Å². The quantitative estimate of drug-likeness (QED) is 0.776. The highest BCUT2D eigenvalue weighted by Gasteiger charge is 2.05. The maximum absolute atomic E-state index is 11.3. The Bertz CT molecular complexity index is 949. The molecule has 0 saturated heterocycles. The summed E-state index contributed by atoms with van der Waals surface area (Å²) >= 11 is 0. The van der Waals surface area contributed by atoms with E-state index in [0.29, 0.717) is 5.69 Å².